The maximum Gasteiger partial charge on any atom is 0.244 e. The van der Waals surface area contributed by atoms with Crippen LogP contribution in [0, 0.1) is 0 Å². The Balaban J connectivity index is 1.48. The summed E-state index contributed by atoms with van der Waals surface area (Å²) >= 11 is 1.73. The number of carbonyl (C=O) groups is 1. The molecule has 0 fully saturated rings. The molecule has 1 aliphatic rings. The molecule has 1 atom stereocenters. The van der Waals surface area contributed by atoms with E-state index in [0.29, 0.717) is 18.4 Å². The molecule has 204 valence electrons. The van der Waals surface area contributed by atoms with E-state index in [9.17, 15) is 13.2 Å². The average Bonchev–Trinajstić information content (AvgIpc) is 3.40. The molecule has 0 saturated heterocycles. The zero-order chi connectivity index (χ0) is 27.8. The number of amides is 1. The summed E-state index contributed by atoms with van der Waals surface area (Å²) in [4.78, 5) is 17.4. The number of benzene rings is 3. The van der Waals surface area contributed by atoms with E-state index in [4.69, 9.17) is 0 Å². The van der Waals surface area contributed by atoms with E-state index in [0.717, 1.165) is 22.9 Å². The molecule has 0 bridgehead atoms. The predicted molar refractivity (Wildman–Crippen MR) is 160 cm³/mol. The van der Waals surface area contributed by atoms with E-state index in [2.05, 4.69) is 56.5 Å². The minimum absolute atomic E-state index is 0.0325. The van der Waals surface area contributed by atoms with Crippen molar-refractivity contribution in [2.45, 2.75) is 56.9 Å². The maximum absolute atomic E-state index is 14.0. The number of hydrogen-bond donors (Lipinski definition) is 0. The lowest BCUT2D eigenvalue weighted by atomic mass is 9.85. The van der Waals surface area contributed by atoms with E-state index in [1.165, 1.54) is 14.7 Å². The molecule has 1 aromatic heterocycles. The second-order valence-electron chi connectivity index (χ2n) is 11.2. The molecule has 0 aliphatic carbocycles. The van der Waals surface area contributed by atoms with Crippen LogP contribution in [0.4, 0.5) is 0 Å². The van der Waals surface area contributed by atoms with Crippen molar-refractivity contribution in [2.24, 2.45) is 0 Å². The van der Waals surface area contributed by atoms with Crippen molar-refractivity contribution in [1.29, 1.82) is 0 Å². The molecule has 1 aliphatic heterocycles. The van der Waals surface area contributed by atoms with Gasteiger partial charge in [-0.1, -0.05) is 88.4 Å². The number of carbonyl (C=O) groups excluding carboxylic acids is 1. The summed E-state index contributed by atoms with van der Waals surface area (Å²) in [5.74, 6) is -0.172. The Morgan fingerprint density at radius 3 is 2.44 bits per heavy atom. The Morgan fingerprint density at radius 1 is 1.00 bits per heavy atom. The molecular formula is C32H36N2O3S2. The second kappa shape index (κ2) is 10.9. The number of thiophene rings is 1. The van der Waals surface area contributed by atoms with Crippen LogP contribution < -0.4 is 0 Å². The van der Waals surface area contributed by atoms with Crippen LogP contribution in [-0.4, -0.2) is 43.2 Å². The van der Waals surface area contributed by atoms with Gasteiger partial charge in [-0.05, 0) is 57.8 Å². The first-order valence-electron chi connectivity index (χ1n) is 13.6. The Labute approximate surface area is 236 Å². The van der Waals surface area contributed by atoms with Gasteiger partial charge in [0, 0.05) is 23.4 Å². The third kappa shape index (κ3) is 5.40. The number of fused-ring (bicyclic) bond motifs is 2. The molecule has 1 amide bonds. The Kier molecular flexibility index (Phi) is 7.68. The van der Waals surface area contributed by atoms with Crippen LogP contribution in [0.15, 0.2) is 83.1 Å². The molecular weight excluding hydrogens is 524 g/mol. The number of rotatable bonds is 7. The van der Waals surface area contributed by atoms with E-state index in [1.807, 2.05) is 42.2 Å². The van der Waals surface area contributed by atoms with Crippen LogP contribution >= 0.6 is 11.3 Å². The molecule has 2 heterocycles. The Morgan fingerprint density at radius 2 is 1.72 bits per heavy atom. The SMILES string of the molecule is CCCN(CC(=O)N1CCc2sccc2[C@H]1c1ccc(C(C)(C)C)cc1)S(=O)(=O)c1cccc2ccccc12. The zero-order valence-electron chi connectivity index (χ0n) is 23.1. The molecule has 0 radical (unpaired) electrons. The van der Waals surface area contributed by atoms with Crippen LogP contribution in [0.1, 0.15) is 61.7 Å². The molecule has 3 aromatic carbocycles. The summed E-state index contributed by atoms with van der Waals surface area (Å²) in [5.41, 5.74) is 3.46. The molecule has 0 unspecified atom stereocenters. The summed E-state index contributed by atoms with van der Waals surface area (Å²) in [6.45, 7) is 9.16. The highest BCUT2D eigenvalue weighted by Gasteiger charge is 2.36. The van der Waals surface area contributed by atoms with Crippen molar-refractivity contribution in [1.82, 2.24) is 9.21 Å². The lowest BCUT2D eigenvalue weighted by Crippen LogP contribution is -2.47. The van der Waals surface area contributed by atoms with Crippen molar-refractivity contribution < 1.29 is 13.2 Å². The predicted octanol–water partition coefficient (Wildman–Crippen LogP) is 6.77. The molecule has 0 spiro atoms. The van der Waals surface area contributed by atoms with Gasteiger partial charge in [-0.15, -0.1) is 11.3 Å². The lowest BCUT2D eigenvalue weighted by molar-refractivity contribution is -0.133. The summed E-state index contributed by atoms with van der Waals surface area (Å²) in [7, 11) is -3.89. The summed E-state index contributed by atoms with van der Waals surface area (Å²) in [6.07, 6.45) is 1.39. The van der Waals surface area contributed by atoms with E-state index in [-0.39, 0.29) is 35.3 Å². The van der Waals surface area contributed by atoms with Crippen molar-refractivity contribution in [3.63, 3.8) is 0 Å². The van der Waals surface area contributed by atoms with Gasteiger partial charge in [0.25, 0.3) is 0 Å². The quantitative estimate of drug-likeness (QED) is 0.251. The van der Waals surface area contributed by atoms with Crippen LogP contribution in [-0.2, 0) is 26.7 Å². The van der Waals surface area contributed by atoms with Gasteiger partial charge in [-0.2, -0.15) is 4.31 Å². The van der Waals surface area contributed by atoms with Crippen LogP contribution in [0.25, 0.3) is 10.8 Å². The van der Waals surface area contributed by atoms with Gasteiger partial charge in [-0.3, -0.25) is 4.79 Å². The third-order valence-electron chi connectivity index (χ3n) is 7.53. The van der Waals surface area contributed by atoms with Gasteiger partial charge >= 0.3 is 0 Å². The first-order valence-corrected chi connectivity index (χ1v) is 15.9. The third-order valence-corrected chi connectivity index (χ3v) is 10.4. The first kappa shape index (κ1) is 27.6. The highest BCUT2D eigenvalue weighted by molar-refractivity contribution is 7.89. The van der Waals surface area contributed by atoms with Gasteiger partial charge in [0.2, 0.25) is 15.9 Å². The van der Waals surface area contributed by atoms with Gasteiger partial charge in [0.1, 0.15) is 0 Å². The Bertz CT molecular complexity index is 1580. The number of sulfonamides is 1. The zero-order valence-corrected chi connectivity index (χ0v) is 24.7. The van der Waals surface area contributed by atoms with Gasteiger partial charge in [0.05, 0.1) is 17.5 Å². The van der Waals surface area contributed by atoms with E-state index < -0.39 is 10.0 Å². The monoisotopic (exact) mass is 560 g/mol. The second-order valence-corrected chi connectivity index (χ2v) is 14.1. The van der Waals surface area contributed by atoms with Gasteiger partial charge < -0.3 is 4.90 Å². The van der Waals surface area contributed by atoms with Crippen LogP contribution in [0.3, 0.4) is 0 Å². The lowest BCUT2D eigenvalue weighted by Gasteiger charge is -2.37. The number of hydrogen-bond acceptors (Lipinski definition) is 4. The molecule has 5 rings (SSSR count). The fourth-order valence-electron chi connectivity index (χ4n) is 5.44. The largest absolute Gasteiger partial charge is 0.330 e. The van der Waals surface area contributed by atoms with Crippen molar-refractivity contribution in [2.75, 3.05) is 19.6 Å². The minimum atomic E-state index is -3.89. The van der Waals surface area contributed by atoms with Crippen LogP contribution in [0.2, 0.25) is 0 Å². The molecule has 5 nitrogen and oxygen atoms in total. The van der Waals surface area contributed by atoms with Crippen molar-refractivity contribution in [3.8, 4) is 0 Å². The first-order chi connectivity index (χ1) is 18.6. The molecule has 0 saturated carbocycles. The summed E-state index contributed by atoms with van der Waals surface area (Å²) < 4.78 is 29.3. The topological polar surface area (TPSA) is 57.7 Å². The molecule has 4 aromatic rings. The molecule has 7 heteroatoms. The smallest absolute Gasteiger partial charge is 0.244 e. The standard InChI is InChI=1S/C32H36N2O3S2/c1-5-19-33(39(36,37)29-12-8-10-23-9-6-7-11-26(23)29)22-30(35)34-20-17-28-27(18-21-38-28)31(34)24-13-15-25(16-14-24)32(2,3)4/h6-16,18,21,31H,5,17,19-20,22H2,1-4H3/t31-/m1/s1. The van der Waals surface area contributed by atoms with Crippen LogP contribution in [0.5, 0.6) is 0 Å². The summed E-state index contributed by atoms with van der Waals surface area (Å²) in [6, 6.07) is 23.2. The average molecular weight is 561 g/mol. The highest BCUT2D eigenvalue weighted by Crippen LogP contribution is 2.39. The van der Waals surface area contributed by atoms with E-state index >= 15 is 0 Å². The van der Waals surface area contributed by atoms with Crippen molar-refractivity contribution in [3.05, 3.63) is 99.7 Å². The maximum atomic E-state index is 14.0. The molecule has 0 N–H and O–H groups in total. The fourth-order valence-corrected chi connectivity index (χ4v) is 8.04. The Hall–Kier alpha value is -3.00. The highest BCUT2D eigenvalue weighted by atomic mass is 32.2. The molecule has 39 heavy (non-hydrogen) atoms. The normalized spacial score (nSPS) is 16.0. The minimum Gasteiger partial charge on any atom is -0.330 e. The van der Waals surface area contributed by atoms with Crippen molar-refractivity contribution >= 4 is 38.0 Å². The van der Waals surface area contributed by atoms with E-state index in [1.54, 1.807) is 23.5 Å². The fraction of sp³-hybridized carbons (Fsp3) is 0.344. The van der Waals surface area contributed by atoms with Gasteiger partial charge in [-0.25, -0.2) is 8.42 Å². The van der Waals surface area contributed by atoms with Gasteiger partial charge in [0.15, 0.2) is 0 Å². The number of nitrogens with zero attached hydrogens (tertiary/aromatic N) is 2. The summed E-state index contributed by atoms with van der Waals surface area (Å²) in [5, 5.41) is 3.62.